The minimum atomic E-state index is -0.251. The predicted molar refractivity (Wildman–Crippen MR) is 99.8 cm³/mol. The van der Waals surface area contributed by atoms with Crippen molar-refractivity contribution in [2.75, 3.05) is 5.32 Å². The molecule has 0 atom stereocenters. The molecule has 2 aromatic carbocycles. The molecular formula is C19H19ClN4O. The van der Waals surface area contributed by atoms with Crippen LogP contribution in [0.5, 0.6) is 0 Å². The molecule has 0 radical (unpaired) electrons. The molecule has 0 saturated carbocycles. The lowest BCUT2D eigenvalue weighted by Gasteiger charge is -2.13. The van der Waals surface area contributed by atoms with E-state index in [4.69, 9.17) is 11.6 Å². The van der Waals surface area contributed by atoms with Crippen molar-refractivity contribution < 1.29 is 4.79 Å². The number of urea groups is 1. The summed E-state index contributed by atoms with van der Waals surface area (Å²) in [6, 6.07) is 15.0. The van der Waals surface area contributed by atoms with Crippen molar-refractivity contribution in [3.8, 4) is 0 Å². The summed E-state index contributed by atoms with van der Waals surface area (Å²) in [7, 11) is 0. The van der Waals surface area contributed by atoms with Crippen molar-refractivity contribution in [1.29, 1.82) is 0 Å². The van der Waals surface area contributed by atoms with Crippen LogP contribution < -0.4 is 10.6 Å². The number of nitrogens with one attached hydrogen (secondary N) is 2. The second-order valence-electron chi connectivity index (χ2n) is 5.74. The number of amides is 2. The van der Waals surface area contributed by atoms with Gasteiger partial charge in [-0.3, -0.25) is 4.68 Å². The topological polar surface area (TPSA) is 59.0 Å². The number of hydrogen-bond donors (Lipinski definition) is 2. The maximum absolute atomic E-state index is 12.2. The highest BCUT2D eigenvalue weighted by atomic mass is 35.5. The molecule has 0 aliphatic carbocycles. The van der Waals surface area contributed by atoms with Crippen LogP contribution in [0.1, 0.15) is 16.7 Å². The number of carbonyl (C=O) groups excluding carboxylic acids is 1. The van der Waals surface area contributed by atoms with Crippen LogP contribution in [0.25, 0.3) is 0 Å². The Morgan fingerprint density at radius 2 is 1.96 bits per heavy atom. The van der Waals surface area contributed by atoms with Crippen LogP contribution in [-0.2, 0) is 13.1 Å². The van der Waals surface area contributed by atoms with Gasteiger partial charge >= 0.3 is 6.03 Å². The van der Waals surface area contributed by atoms with Crippen LogP contribution in [0.2, 0.25) is 5.02 Å². The third-order valence-corrected chi connectivity index (χ3v) is 4.12. The molecule has 0 aliphatic rings. The molecule has 1 heterocycles. The first-order valence-electron chi connectivity index (χ1n) is 7.97. The normalized spacial score (nSPS) is 10.5. The first-order chi connectivity index (χ1) is 12.1. The first-order valence-corrected chi connectivity index (χ1v) is 8.35. The third-order valence-electron chi connectivity index (χ3n) is 3.89. The summed E-state index contributed by atoms with van der Waals surface area (Å²) in [5.41, 5.74) is 3.84. The third kappa shape index (κ3) is 4.61. The Hall–Kier alpha value is -2.79. The van der Waals surface area contributed by atoms with E-state index in [1.807, 2.05) is 54.2 Å². The second-order valence-corrected chi connectivity index (χ2v) is 6.18. The Morgan fingerprint density at radius 3 is 2.68 bits per heavy atom. The van der Waals surface area contributed by atoms with Crippen molar-refractivity contribution in [3.05, 3.63) is 82.6 Å². The van der Waals surface area contributed by atoms with Crippen molar-refractivity contribution in [3.63, 3.8) is 0 Å². The van der Waals surface area contributed by atoms with Gasteiger partial charge in [0.2, 0.25) is 0 Å². The maximum atomic E-state index is 12.2. The van der Waals surface area contributed by atoms with E-state index in [0.29, 0.717) is 18.1 Å². The van der Waals surface area contributed by atoms with Gasteiger partial charge in [0.1, 0.15) is 0 Å². The molecule has 3 rings (SSSR count). The zero-order chi connectivity index (χ0) is 17.6. The van der Waals surface area contributed by atoms with Crippen molar-refractivity contribution >= 4 is 23.3 Å². The molecule has 0 aliphatic heterocycles. The summed E-state index contributed by atoms with van der Waals surface area (Å²) < 4.78 is 1.86. The average Bonchev–Trinajstić information content (AvgIpc) is 3.10. The number of halogens is 1. The fourth-order valence-corrected chi connectivity index (χ4v) is 2.79. The molecule has 0 saturated heterocycles. The van der Waals surface area contributed by atoms with E-state index in [2.05, 4.69) is 15.7 Å². The lowest BCUT2D eigenvalue weighted by atomic mass is 10.1. The zero-order valence-electron chi connectivity index (χ0n) is 13.9. The number of nitrogens with zero attached hydrogens (tertiary/aromatic N) is 2. The van der Waals surface area contributed by atoms with Crippen LogP contribution in [0.4, 0.5) is 10.5 Å². The number of benzene rings is 2. The lowest BCUT2D eigenvalue weighted by molar-refractivity contribution is 0.251. The SMILES string of the molecule is Cc1cc(Cl)ccc1NC(=O)NCc1ccccc1Cn1cccn1. The molecule has 128 valence electrons. The van der Waals surface area contributed by atoms with Crippen LogP contribution in [-0.4, -0.2) is 15.8 Å². The number of rotatable bonds is 5. The van der Waals surface area contributed by atoms with E-state index in [1.165, 1.54) is 0 Å². The quantitative estimate of drug-likeness (QED) is 0.720. The van der Waals surface area contributed by atoms with E-state index in [9.17, 15) is 4.79 Å². The van der Waals surface area contributed by atoms with Gasteiger partial charge in [0, 0.05) is 29.6 Å². The Morgan fingerprint density at radius 1 is 1.16 bits per heavy atom. The van der Waals surface area contributed by atoms with Gasteiger partial charge < -0.3 is 10.6 Å². The minimum Gasteiger partial charge on any atom is -0.334 e. The molecule has 2 amide bonds. The summed E-state index contributed by atoms with van der Waals surface area (Å²) >= 11 is 5.93. The number of hydrogen-bond acceptors (Lipinski definition) is 2. The smallest absolute Gasteiger partial charge is 0.319 e. The Labute approximate surface area is 151 Å². The highest BCUT2D eigenvalue weighted by Crippen LogP contribution is 2.19. The summed E-state index contributed by atoms with van der Waals surface area (Å²) in [6.45, 7) is 3.01. The zero-order valence-corrected chi connectivity index (χ0v) is 14.6. The molecule has 0 fully saturated rings. The number of anilines is 1. The molecule has 2 N–H and O–H groups in total. The molecule has 0 unspecified atom stereocenters. The number of aromatic nitrogens is 2. The van der Waals surface area contributed by atoms with Gasteiger partial charge in [0.05, 0.1) is 6.54 Å². The highest BCUT2D eigenvalue weighted by Gasteiger charge is 2.07. The lowest BCUT2D eigenvalue weighted by Crippen LogP contribution is -2.29. The van der Waals surface area contributed by atoms with E-state index >= 15 is 0 Å². The molecular weight excluding hydrogens is 336 g/mol. The molecule has 1 aromatic heterocycles. The molecule has 3 aromatic rings. The van der Waals surface area contributed by atoms with Crippen LogP contribution in [0.3, 0.4) is 0 Å². The van der Waals surface area contributed by atoms with Crippen molar-refractivity contribution in [1.82, 2.24) is 15.1 Å². The van der Waals surface area contributed by atoms with Crippen LogP contribution >= 0.6 is 11.6 Å². The summed E-state index contributed by atoms with van der Waals surface area (Å²) in [6.07, 6.45) is 3.67. The molecule has 0 bridgehead atoms. The molecule has 25 heavy (non-hydrogen) atoms. The highest BCUT2D eigenvalue weighted by molar-refractivity contribution is 6.30. The largest absolute Gasteiger partial charge is 0.334 e. The first kappa shape index (κ1) is 17.0. The van der Waals surface area contributed by atoms with Crippen LogP contribution in [0.15, 0.2) is 60.9 Å². The second kappa shape index (κ2) is 7.85. The Balaban J connectivity index is 1.62. The molecule has 6 heteroatoms. The van der Waals surface area contributed by atoms with Gasteiger partial charge in [-0.2, -0.15) is 5.10 Å². The Kier molecular flexibility index (Phi) is 5.36. The van der Waals surface area contributed by atoms with Crippen LogP contribution in [0, 0.1) is 6.92 Å². The van der Waals surface area contributed by atoms with E-state index in [1.54, 1.807) is 18.3 Å². The van der Waals surface area contributed by atoms with Gasteiger partial charge in [0.15, 0.2) is 0 Å². The fraction of sp³-hybridized carbons (Fsp3) is 0.158. The summed E-state index contributed by atoms with van der Waals surface area (Å²) in [5.74, 6) is 0. The molecule has 5 nitrogen and oxygen atoms in total. The number of carbonyl (C=O) groups is 1. The predicted octanol–water partition coefficient (Wildman–Crippen LogP) is 4.21. The van der Waals surface area contributed by atoms with E-state index < -0.39 is 0 Å². The van der Waals surface area contributed by atoms with Crippen molar-refractivity contribution in [2.24, 2.45) is 0 Å². The summed E-state index contributed by atoms with van der Waals surface area (Å²) in [4.78, 5) is 12.2. The van der Waals surface area contributed by atoms with Gasteiger partial charge in [-0.1, -0.05) is 35.9 Å². The number of aryl methyl sites for hydroxylation is 1. The van der Waals surface area contributed by atoms with E-state index in [0.717, 1.165) is 22.4 Å². The average molecular weight is 355 g/mol. The van der Waals surface area contributed by atoms with Crippen molar-refractivity contribution in [2.45, 2.75) is 20.0 Å². The maximum Gasteiger partial charge on any atom is 0.319 e. The van der Waals surface area contributed by atoms with Gasteiger partial charge in [-0.15, -0.1) is 0 Å². The Bertz CT molecular complexity index is 862. The fourth-order valence-electron chi connectivity index (χ4n) is 2.56. The molecule has 0 spiro atoms. The van der Waals surface area contributed by atoms with E-state index in [-0.39, 0.29) is 6.03 Å². The standard InChI is InChI=1S/C19H19ClN4O/c1-14-11-17(20)7-8-18(14)23-19(25)21-12-15-5-2-3-6-16(15)13-24-10-4-9-22-24/h2-11H,12-13H2,1H3,(H2,21,23,25). The van der Waals surface area contributed by atoms with Gasteiger partial charge in [0.25, 0.3) is 0 Å². The van der Waals surface area contributed by atoms with Gasteiger partial charge in [-0.05, 0) is 47.9 Å². The van der Waals surface area contributed by atoms with Gasteiger partial charge in [-0.25, -0.2) is 4.79 Å². The summed E-state index contributed by atoms with van der Waals surface area (Å²) in [5, 5.41) is 10.6. The monoisotopic (exact) mass is 354 g/mol. The minimum absolute atomic E-state index is 0.251.